The number of carbonyl (C=O) groups excluding carboxylic acids is 3. The molecule has 0 bridgehead atoms. The topological polar surface area (TPSA) is 206 Å². The molecule has 5 N–H and O–H groups in total. The van der Waals surface area contributed by atoms with Crippen LogP contribution in [0.25, 0.3) is 0 Å². The Hall–Kier alpha value is -0.504. The molecule has 34 heavy (non-hydrogen) atoms. The number of carbonyl (C=O) groups is 1. The van der Waals surface area contributed by atoms with E-state index >= 15 is 0 Å². The molecule has 0 unspecified atom stereocenters. The number of unbranched alkanes of at least 4 members (excludes halogenated alkanes) is 3. The molecule has 0 aromatic heterocycles. The number of hydrogen-bond donors (Lipinski definition) is 3. The summed E-state index contributed by atoms with van der Waals surface area (Å²) in [5.41, 5.74) is 10.8. The summed E-state index contributed by atoms with van der Waals surface area (Å²) in [6.07, 6.45) is 9.21. The first-order valence-electron chi connectivity index (χ1n) is 10.6. The van der Waals surface area contributed by atoms with Gasteiger partial charge in [-0.1, -0.05) is 20.3 Å². The first-order chi connectivity index (χ1) is 15.3. The summed E-state index contributed by atoms with van der Waals surface area (Å²) in [6.45, 7) is 2.09. The summed E-state index contributed by atoms with van der Waals surface area (Å²) < 4.78 is 35.9. The van der Waals surface area contributed by atoms with Crippen molar-refractivity contribution in [2.75, 3.05) is 38.5 Å². The van der Waals surface area contributed by atoms with Crippen molar-refractivity contribution in [1.29, 1.82) is 0 Å². The fraction of sp³-hybridized carbons (Fsp3) is 0.850. The van der Waals surface area contributed by atoms with E-state index in [2.05, 4.69) is 15.3 Å². The zero-order chi connectivity index (χ0) is 24.5. The molecular weight excluding hydrogens is 493 g/mol. The van der Waals surface area contributed by atoms with Crippen molar-refractivity contribution in [3.05, 3.63) is 0 Å². The molecule has 14 heteroatoms. The van der Waals surface area contributed by atoms with Gasteiger partial charge in [-0.05, 0) is 58.0 Å². The molecule has 0 saturated heterocycles. The second-order valence-corrected chi connectivity index (χ2v) is 8.34. The summed E-state index contributed by atoms with van der Waals surface area (Å²) in [4.78, 5) is 37.6. The van der Waals surface area contributed by atoms with Gasteiger partial charge in [0, 0.05) is 11.8 Å². The van der Waals surface area contributed by atoms with E-state index in [9.17, 15) is 27.4 Å². The Morgan fingerprint density at radius 3 is 1.76 bits per heavy atom. The van der Waals surface area contributed by atoms with Crippen molar-refractivity contribution in [2.24, 2.45) is 21.5 Å². The maximum absolute atomic E-state index is 11.5. The number of aliphatic imine (C=N–C) groups is 2. The molecule has 0 fully saturated rings. The van der Waals surface area contributed by atoms with Gasteiger partial charge in [0.1, 0.15) is 0 Å². The minimum absolute atomic E-state index is 0. The number of rotatable bonds is 18. The van der Waals surface area contributed by atoms with Crippen LogP contribution in [0.2, 0.25) is 0 Å². The molecule has 0 aliphatic rings. The monoisotopic (exact) mass is 533 g/mol. The molecular formula is C20H40KN5O7S. The smallest absolute Gasteiger partial charge is 0.748 e. The van der Waals surface area contributed by atoms with E-state index in [0.29, 0.717) is 26.2 Å². The van der Waals surface area contributed by atoms with Gasteiger partial charge in [-0.25, -0.2) is 32.8 Å². The van der Waals surface area contributed by atoms with E-state index < -0.39 is 22.0 Å². The van der Waals surface area contributed by atoms with Gasteiger partial charge >= 0.3 is 57.5 Å². The first-order valence-corrected chi connectivity index (χ1v) is 12.2. The number of nitrogens with one attached hydrogen (secondary N) is 1. The molecule has 0 saturated carbocycles. The van der Waals surface area contributed by atoms with Gasteiger partial charge in [0.15, 0.2) is 0 Å². The molecule has 194 valence electrons. The predicted molar refractivity (Wildman–Crippen MR) is 125 cm³/mol. The van der Waals surface area contributed by atoms with Gasteiger partial charge in [0.25, 0.3) is 0 Å². The van der Waals surface area contributed by atoms with E-state index in [-0.39, 0.29) is 77.9 Å². The third kappa shape index (κ3) is 36.1. The number of ether oxygens (including phenoxy) is 1. The zero-order valence-electron chi connectivity index (χ0n) is 19.5. The van der Waals surface area contributed by atoms with Crippen LogP contribution in [0.5, 0.6) is 0 Å². The molecule has 0 aromatic carbocycles. The largest absolute Gasteiger partial charge is 1.00 e. The fourth-order valence-electron chi connectivity index (χ4n) is 2.45. The third-order valence-electron chi connectivity index (χ3n) is 4.03. The molecule has 0 atom stereocenters. The summed E-state index contributed by atoms with van der Waals surface area (Å²) in [5.74, 6) is -0.538. The van der Waals surface area contributed by atoms with Crippen LogP contribution in [0.1, 0.15) is 65.2 Å². The number of nitrogens with zero attached hydrogens (tertiary/aromatic N) is 2. The molecule has 0 heterocycles. The van der Waals surface area contributed by atoms with Crippen LogP contribution < -0.4 is 68.2 Å². The van der Waals surface area contributed by atoms with E-state index in [1.807, 2.05) is 0 Å². The average molecular weight is 534 g/mol. The van der Waals surface area contributed by atoms with E-state index in [4.69, 9.17) is 16.2 Å². The minimum atomic E-state index is -4.26. The summed E-state index contributed by atoms with van der Waals surface area (Å²) in [7, 11) is -4.26. The third-order valence-corrected chi connectivity index (χ3v) is 4.81. The van der Waals surface area contributed by atoms with Crippen molar-refractivity contribution >= 4 is 28.4 Å². The van der Waals surface area contributed by atoms with Crippen molar-refractivity contribution in [3.8, 4) is 0 Å². The van der Waals surface area contributed by atoms with Crippen molar-refractivity contribution < 1.29 is 83.5 Å². The van der Waals surface area contributed by atoms with Crippen LogP contribution in [0.4, 0.5) is 4.79 Å². The number of isocyanates is 2. The van der Waals surface area contributed by atoms with Crippen molar-refractivity contribution in [2.45, 2.75) is 71.3 Å². The molecule has 0 aliphatic heterocycles. The molecule has 0 rings (SSSR count). The van der Waals surface area contributed by atoms with Gasteiger partial charge in [-0.2, -0.15) is 0 Å². The molecule has 12 nitrogen and oxygen atoms in total. The Bertz CT molecular complexity index is 640. The van der Waals surface area contributed by atoms with Gasteiger partial charge < -0.3 is 26.1 Å². The van der Waals surface area contributed by atoms with Gasteiger partial charge in [0.05, 0.1) is 29.8 Å². The summed E-state index contributed by atoms with van der Waals surface area (Å²) >= 11 is 0. The SMILES string of the molecule is C.NCCCC(CCCN)NC(=O)OCCCS(=O)(=O)[O-].O=C=NCCCCCCN=C=O.[K+]. The second-order valence-electron chi connectivity index (χ2n) is 6.81. The summed E-state index contributed by atoms with van der Waals surface area (Å²) in [5, 5.41) is 2.68. The molecule has 1 amide bonds. The first kappa shape index (κ1) is 40.7. The summed E-state index contributed by atoms with van der Waals surface area (Å²) in [6, 6.07) is -0.0576. The number of hydrogen-bond acceptors (Lipinski definition) is 11. The van der Waals surface area contributed by atoms with Crippen LogP contribution >= 0.6 is 0 Å². The Balaban J connectivity index is -0.000000279. The maximum atomic E-state index is 11.5. The van der Waals surface area contributed by atoms with Crippen molar-refractivity contribution in [3.63, 3.8) is 0 Å². The Morgan fingerprint density at radius 2 is 1.38 bits per heavy atom. The van der Waals surface area contributed by atoms with E-state index in [0.717, 1.165) is 51.4 Å². The standard InChI is InChI=1S/C11H25N3O5S.C8H12N2O2.CH4.K/c12-6-1-4-10(5-2-7-13)14-11(15)19-8-3-9-20(16,17)18;11-7-9-5-3-1-2-4-6-10-8-12;;/h10H,1-9,12-13H2,(H,14,15)(H,16,17,18);1-6H2;1H4;/q;;;+1/p-1. The van der Waals surface area contributed by atoms with Crippen LogP contribution in [0.3, 0.4) is 0 Å². The van der Waals surface area contributed by atoms with Gasteiger partial charge in [-0.3, -0.25) is 0 Å². The molecule has 0 aliphatic carbocycles. The quantitative estimate of drug-likeness (QED) is 0.0605. The van der Waals surface area contributed by atoms with Crippen molar-refractivity contribution in [1.82, 2.24) is 5.32 Å². The number of nitrogens with two attached hydrogens (primary N) is 2. The number of alkyl carbamates (subject to hydrolysis) is 1. The van der Waals surface area contributed by atoms with E-state index in [1.165, 1.54) is 12.2 Å². The van der Waals surface area contributed by atoms with Crippen LogP contribution in [0, 0.1) is 0 Å². The molecule has 0 aromatic rings. The molecule has 0 radical (unpaired) electrons. The van der Waals surface area contributed by atoms with Gasteiger partial charge in [-0.15, -0.1) is 0 Å². The number of amides is 1. The normalized spacial score (nSPS) is 9.76. The van der Waals surface area contributed by atoms with Crippen LogP contribution in [-0.4, -0.2) is 75.8 Å². The predicted octanol–water partition coefficient (Wildman–Crippen LogP) is -1.65. The van der Waals surface area contributed by atoms with Crippen LogP contribution in [0.15, 0.2) is 9.98 Å². The average Bonchev–Trinajstić information content (AvgIpc) is 2.75. The zero-order valence-corrected chi connectivity index (χ0v) is 23.4. The van der Waals surface area contributed by atoms with E-state index in [1.54, 1.807) is 0 Å². The minimum Gasteiger partial charge on any atom is -0.748 e. The van der Waals surface area contributed by atoms with Gasteiger partial charge in [0.2, 0.25) is 12.2 Å². The van der Waals surface area contributed by atoms with Crippen LogP contribution in [-0.2, 0) is 24.4 Å². The Kier molecular flexibility index (Phi) is 36.5. The Morgan fingerprint density at radius 1 is 0.912 bits per heavy atom. The Labute approximate surface area is 246 Å². The second kappa shape index (κ2) is 30.5. The maximum Gasteiger partial charge on any atom is 1.00 e. The fourth-order valence-corrected chi connectivity index (χ4v) is 2.92. The molecule has 0 spiro atoms.